The maximum Gasteiger partial charge on any atom is 0.257 e. The van der Waals surface area contributed by atoms with E-state index in [1.165, 1.54) is 5.56 Å². The number of pyridine rings is 1. The van der Waals surface area contributed by atoms with Gasteiger partial charge >= 0.3 is 0 Å². The molecule has 1 aliphatic heterocycles. The van der Waals surface area contributed by atoms with Crippen LogP contribution in [0.5, 0.6) is 0 Å². The number of hydrazone groups is 1. The van der Waals surface area contributed by atoms with Crippen LogP contribution in [0.15, 0.2) is 76.7 Å². The van der Waals surface area contributed by atoms with Crippen LogP contribution in [0.3, 0.4) is 0 Å². The number of carbonyl (C=O) groups is 1. The summed E-state index contributed by atoms with van der Waals surface area (Å²) in [7, 11) is 0. The summed E-state index contributed by atoms with van der Waals surface area (Å²) in [5.74, 6) is 0.767. The molecule has 1 amide bonds. The average molecular weight is 415 g/mol. The average Bonchev–Trinajstić information content (AvgIpc) is 3.30. The number of hydrogen-bond donors (Lipinski definition) is 0. The van der Waals surface area contributed by atoms with E-state index in [0.29, 0.717) is 19.0 Å². The van der Waals surface area contributed by atoms with Crippen molar-refractivity contribution in [3.63, 3.8) is 0 Å². The molecule has 1 fully saturated rings. The third kappa shape index (κ3) is 4.44. The third-order valence-electron chi connectivity index (χ3n) is 5.93. The lowest BCUT2D eigenvalue weighted by molar-refractivity contribution is -0.134. The van der Waals surface area contributed by atoms with Gasteiger partial charge in [0.2, 0.25) is 0 Å². The molecule has 0 spiro atoms. The van der Waals surface area contributed by atoms with Crippen molar-refractivity contribution in [3.8, 4) is 0 Å². The van der Waals surface area contributed by atoms with Gasteiger partial charge in [0.05, 0.1) is 18.5 Å². The second kappa shape index (κ2) is 8.47. The molecular formula is C25H26N4O2. The summed E-state index contributed by atoms with van der Waals surface area (Å²) in [5.41, 5.74) is 4.29. The Balaban J connectivity index is 1.38. The summed E-state index contributed by atoms with van der Waals surface area (Å²) >= 11 is 0. The molecule has 0 N–H and O–H groups in total. The molecule has 1 saturated carbocycles. The molecule has 3 aromatic rings. The predicted octanol–water partition coefficient (Wildman–Crippen LogP) is 4.33. The summed E-state index contributed by atoms with van der Waals surface area (Å²) in [6.45, 7) is 3.12. The first-order valence-electron chi connectivity index (χ1n) is 10.8. The van der Waals surface area contributed by atoms with Gasteiger partial charge in [-0.3, -0.25) is 14.7 Å². The Labute approximate surface area is 182 Å². The van der Waals surface area contributed by atoms with Crippen molar-refractivity contribution < 1.29 is 9.21 Å². The highest BCUT2D eigenvalue weighted by Crippen LogP contribution is 2.34. The molecule has 0 saturated heterocycles. The van der Waals surface area contributed by atoms with Crippen LogP contribution in [0.1, 0.15) is 47.8 Å². The van der Waals surface area contributed by atoms with Crippen LogP contribution in [-0.4, -0.2) is 39.1 Å². The highest BCUT2D eigenvalue weighted by molar-refractivity contribution is 6.03. The molecule has 3 heterocycles. The summed E-state index contributed by atoms with van der Waals surface area (Å²) in [4.78, 5) is 19.9. The summed E-state index contributed by atoms with van der Waals surface area (Å²) in [6.07, 6.45) is 8.21. The zero-order valence-corrected chi connectivity index (χ0v) is 17.6. The van der Waals surface area contributed by atoms with Gasteiger partial charge in [-0.25, -0.2) is 5.01 Å². The summed E-state index contributed by atoms with van der Waals surface area (Å²) < 4.78 is 5.67. The highest BCUT2D eigenvalue weighted by atomic mass is 16.3. The molecule has 158 valence electrons. The molecule has 5 rings (SSSR count). The second-order valence-corrected chi connectivity index (χ2v) is 8.38. The minimum atomic E-state index is -0.210. The van der Waals surface area contributed by atoms with Gasteiger partial charge in [0.25, 0.3) is 5.91 Å². The molecule has 31 heavy (non-hydrogen) atoms. The van der Waals surface area contributed by atoms with Crippen molar-refractivity contribution in [2.75, 3.05) is 6.54 Å². The van der Waals surface area contributed by atoms with Crippen molar-refractivity contribution in [3.05, 3.63) is 89.6 Å². The van der Waals surface area contributed by atoms with Crippen LogP contribution in [0.25, 0.3) is 0 Å². The first-order chi connectivity index (χ1) is 15.2. The molecule has 0 radical (unpaired) electrons. The lowest BCUT2D eigenvalue weighted by Gasteiger charge is -2.25. The molecule has 6 heteroatoms. The monoisotopic (exact) mass is 414 g/mol. The van der Waals surface area contributed by atoms with Crippen molar-refractivity contribution in [1.29, 1.82) is 0 Å². The van der Waals surface area contributed by atoms with E-state index in [9.17, 15) is 4.79 Å². The van der Waals surface area contributed by atoms with Crippen LogP contribution in [-0.2, 0) is 11.3 Å². The second-order valence-electron chi connectivity index (χ2n) is 8.38. The number of rotatable bonds is 7. The standard InChI is InChI=1S/C25H26N4O2/c1-18-6-8-20(9-7-18)22-14-23(24-5-3-13-31-24)29(27-22)25(30)17-28(21-10-11-21)16-19-4-2-12-26-15-19/h2-9,12-13,15,21,23H,10-11,14,16-17H2,1H3. The van der Waals surface area contributed by atoms with Gasteiger partial charge in [0.1, 0.15) is 11.8 Å². The number of hydrogen-bond acceptors (Lipinski definition) is 5. The quantitative estimate of drug-likeness (QED) is 0.577. The van der Waals surface area contributed by atoms with E-state index in [1.807, 2.05) is 24.4 Å². The molecule has 1 atom stereocenters. The van der Waals surface area contributed by atoms with E-state index in [4.69, 9.17) is 9.52 Å². The van der Waals surface area contributed by atoms with Crippen LogP contribution in [0, 0.1) is 6.92 Å². The third-order valence-corrected chi connectivity index (χ3v) is 5.93. The van der Waals surface area contributed by atoms with E-state index in [2.05, 4.69) is 47.1 Å². The van der Waals surface area contributed by atoms with E-state index >= 15 is 0 Å². The number of nitrogens with zero attached hydrogens (tertiary/aromatic N) is 4. The number of aryl methyl sites for hydroxylation is 1. The van der Waals surface area contributed by atoms with Crippen molar-refractivity contribution in [2.24, 2.45) is 5.10 Å². The van der Waals surface area contributed by atoms with E-state index < -0.39 is 0 Å². The fraction of sp³-hybridized carbons (Fsp3) is 0.320. The van der Waals surface area contributed by atoms with E-state index in [0.717, 1.165) is 42.0 Å². The first kappa shape index (κ1) is 19.7. The van der Waals surface area contributed by atoms with Crippen molar-refractivity contribution in [1.82, 2.24) is 14.9 Å². The minimum absolute atomic E-state index is 0.000646. The molecular weight excluding hydrogens is 388 g/mol. The van der Waals surface area contributed by atoms with E-state index in [1.54, 1.807) is 17.5 Å². The normalized spacial score (nSPS) is 18.5. The Morgan fingerprint density at radius 3 is 2.68 bits per heavy atom. The van der Waals surface area contributed by atoms with Crippen LogP contribution >= 0.6 is 0 Å². The highest BCUT2D eigenvalue weighted by Gasteiger charge is 2.37. The van der Waals surface area contributed by atoms with Gasteiger partial charge in [0.15, 0.2) is 0 Å². The number of furan rings is 1. The number of benzene rings is 1. The Morgan fingerprint density at radius 1 is 1.16 bits per heavy atom. The fourth-order valence-electron chi connectivity index (χ4n) is 4.09. The maximum atomic E-state index is 13.4. The Morgan fingerprint density at radius 2 is 2.00 bits per heavy atom. The van der Waals surface area contributed by atoms with Gasteiger partial charge in [-0.05, 0) is 49.1 Å². The van der Waals surface area contributed by atoms with Gasteiger partial charge < -0.3 is 4.42 Å². The molecule has 0 bridgehead atoms. The number of aromatic nitrogens is 1. The molecule has 1 unspecified atom stereocenters. The van der Waals surface area contributed by atoms with Gasteiger partial charge in [0, 0.05) is 31.4 Å². The Hall–Kier alpha value is -3.25. The Bertz CT molecular complexity index is 1060. The van der Waals surface area contributed by atoms with Crippen molar-refractivity contribution in [2.45, 2.75) is 44.8 Å². The van der Waals surface area contributed by atoms with Gasteiger partial charge in [-0.15, -0.1) is 0 Å². The lowest BCUT2D eigenvalue weighted by atomic mass is 10.0. The zero-order chi connectivity index (χ0) is 21.2. The number of carbonyl (C=O) groups excluding carboxylic acids is 1. The lowest BCUT2D eigenvalue weighted by Crippen LogP contribution is -2.39. The molecule has 2 aromatic heterocycles. The first-order valence-corrected chi connectivity index (χ1v) is 10.8. The largest absolute Gasteiger partial charge is 0.467 e. The Kier molecular flexibility index (Phi) is 5.38. The topological polar surface area (TPSA) is 61.9 Å². The number of amides is 1. The van der Waals surface area contributed by atoms with Crippen molar-refractivity contribution >= 4 is 11.6 Å². The van der Waals surface area contributed by atoms with Crippen LogP contribution < -0.4 is 0 Å². The molecule has 6 nitrogen and oxygen atoms in total. The molecule has 1 aromatic carbocycles. The van der Waals surface area contributed by atoms with Gasteiger partial charge in [-0.1, -0.05) is 35.9 Å². The van der Waals surface area contributed by atoms with Gasteiger partial charge in [-0.2, -0.15) is 5.10 Å². The summed E-state index contributed by atoms with van der Waals surface area (Å²) in [6, 6.07) is 16.3. The SMILES string of the molecule is Cc1ccc(C2=NN(C(=O)CN(Cc3cccnc3)C3CC3)C(c3ccco3)C2)cc1. The maximum absolute atomic E-state index is 13.4. The van der Waals surface area contributed by atoms with Crippen LogP contribution in [0.4, 0.5) is 0 Å². The molecule has 2 aliphatic rings. The molecule has 1 aliphatic carbocycles. The van der Waals surface area contributed by atoms with Crippen LogP contribution in [0.2, 0.25) is 0 Å². The smallest absolute Gasteiger partial charge is 0.257 e. The fourth-order valence-corrected chi connectivity index (χ4v) is 4.09. The minimum Gasteiger partial charge on any atom is -0.467 e. The zero-order valence-electron chi connectivity index (χ0n) is 17.6. The summed E-state index contributed by atoms with van der Waals surface area (Å²) in [5, 5.41) is 6.40. The van der Waals surface area contributed by atoms with E-state index in [-0.39, 0.29) is 11.9 Å². The predicted molar refractivity (Wildman–Crippen MR) is 118 cm³/mol.